The van der Waals surface area contributed by atoms with Gasteiger partial charge in [0.1, 0.15) is 0 Å². The van der Waals surface area contributed by atoms with Crippen LogP contribution in [0, 0.1) is 0 Å². The highest BCUT2D eigenvalue weighted by Gasteiger charge is 2.34. The molecule has 0 radical (unpaired) electrons. The fraction of sp³-hybridized carbons (Fsp3) is 0.600. The van der Waals surface area contributed by atoms with Gasteiger partial charge in [-0.15, -0.1) is 0 Å². The lowest BCUT2D eigenvalue weighted by atomic mass is 9.95. The monoisotopic (exact) mass is 356 g/mol. The molecule has 1 unspecified atom stereocenters. The van der Waals surface area contributed by atoms with E-state index in [1.807, 2.05) is 0 Å². The van der Waals surface area contributed by atoms with E-state index in [-0.39, 0.29) is 25.4 Å². The van der Waals surface area contributed by atoms with Gasteiger partial charge in [-0.1, -0.05) is 0 Å². The van der Waals surface area contributed by atoms with Crippen LogP contribution in [0.3, 0.4) is 0 Å². The molecule has 1 amide bonds. The van der Waals surface area contributed by atoms with E-state index in [9.17, 15) is 18.3 Å². The summed E-state index contributed by atoms with van der Waals surface area (Å²) in [6, 6.07) is 3.19. The van der Waals surface area contributed by atoms with E-state index in [1.54, 1.807) is 12.1 Å². The predicted octanol–water partition coefficient (Wildman–Crippen LogP) is -0.165. The first-order valence-corrected chi connectivity index (χ1v) is 9.22. The molecule has 1 atom stereocenters. The lowest BCUT2D eigenvalue weighted by Gasteiger charge is -2.27. The minimum atomic E-state index is -3.49. The summed E-state index contributed by atoms with van der Waals surface area (Å²) in [4.78, 5) is 15.9. The van der Waals surface area contributed by atoms with Crippen molar-refractivity contribution in [3.8, 4) is 0 Å². The molecule has 0 spiro atoms. The van der Waals surface area contributed by atoms with Crippen LogP contribution in [0.2, 0.25) is 0 Å². The minimum Gasteiger partial charge on any atom is -0.388 e. The van der Waals surface area contributed by atoms with E-state index in [0.29, 0.717) is 24.9 Å². The van der Waals surface area contributed by atoms with Gasteiger partial charge in [-0.05, 0) is 31.4 Å². The number of aliphatic hydroxyl groups is 1. The van der Waals surface area contributed by atoms with E-state index < -0.39 is 15.8 Å². The van der Waals surface area contributed by atoms with Crippen LogP contribution in [0.1, 0.15) is 29.6 Å². The third kappa shape index (κ3) is 4.50. The molecule has 1 aliphatic rings. The van der Waals surface area contributed by atoms with Crippen molar-refractivity contribution < 1.29 is 18.3 Å². The van der Waals surface area contributed by atoms with Crippen LogP contribution in [-0.2, 0) is 10.2 Å². The summed E-state index contributed by atoms with van der Waals surface area (Å²) in [6.07, 6.45) is 4.30. The molecular weight excluding hydrogens is 332 g/mol. The molecule has 2 rings (SSSR count). The molecule has 1 saturated heterocycles. The fourth-order valence-corrected chi connectivity index (χ4v) is 3.79. The maximum absolute atomic E-state index is 12.2. The number of hydrogen-bond donors (Lipinski definition) is 2. The molecule has 2 heterocycles. The Balaban J connectivity index is 1.95. The van der Waals surface area contributed by atoms with Crippen LogP contribution < -0.4 is 5.32 Å². The topological polar surface area (TPSA) is 103 Å². The van der Waals surface area contributed by atoms with Crippen molar-refractivity contribution in [3.63, 3.8) is 0 Å². The molecule has 134 valence electrons. The Bertz CT molecular complexity index is 665. The zero-order valence-electron chi connectivity index (χ0n) is 14.0. The molecule has 9 heteroatoms. The van der Waals surface area contributed by atoms with Crippen molar-refractivity contribution in [1.29, 1.82) is 0 Å². The highest BCUT2D eigenvalue weighted by atomic mass is 32.2. The van der Waals surface area contributed by atoms with Crippen LogP contribution in [-0.4, -0.2) is 72.4 Å². The third-order valence-corrected chi connectivity index (χ3v) is 6.13. The molecule has 0 aliphatic carbocycles. The van der Waals surface area contributed by atoms with Crippen molar-refractivity contribution in [3.05, 3.63) is 30.1 Å². The molecule has 1 aromatic rings. The minimum absolute atomic E-state index is 0.0873. The summed E-state index contributed by atoms with van der Waals surface area (Å²) in [5, 5.41) is 13.4. The normalized spacial score (nSPS) is 23.0. The summed E-state index contributed by atoms with van der Waals surface area (Å²) in [6.45, 7) is 0.674. The lowest BCUT2D eigenvalue weighted by Crippen LogP contribution is -2.45. The van der Waals surface area contributed by atoms with Crippen LogP contribution in [0.4, 0.5) is 0 Å². The molecule has 0 bridgehead atoms. The average Bonchev–Trinajstić information content (AvgIpc) is 2.76. The molecular formula is C15H24N4O4S. The largest absolute Gasteiger partial charge is 0.388 e. The Morgan fingerprint density at radius 3 is 2.62 bits per heavy atom. The lowest BCUT2D eigenvalue weighted by molar-refractivity contribution is 0.0264. The van der Waals surface area contributed by atoms with E-state index in [0.717, 1.165) is 0 Å². The number of hydrogen-bond acceptors (Lipinski definition) is 5. The summed E-state index contributed by atoms with van der Waals surface area (Å²) in [5.41, 5.74) is -0.641. The molecule has 8 nitrogen and oxygen atoms in total. The van der Waals surface area contributed by atoms with Gasteiger partial charge in [0.2, 0.25) is 0 Å². The van der Waals surface area contributed by atoms with Crippen molar-refractivity contribution in [2.45, 2.75) is 24.9 Å². The van der Waals surface area contributed by atoms with Gasteiger partial charge in [-0.3, -0.25) is 9.78 Å². The second-order valence-corrected chi connectivity index (χ2v) is 8.33. The first kappa shape index (κ1) is 18.8. The number of amides is 1. The molecule has 1 aliphatic heterocycles. The Kier molecular flexibility index (Phi) is 5.92. The van der Waals surface area contributed by atoms with E-state index in [1.165, 1.54) is 35.1 Å². The highest BCUT2D eigenvalue weighted by molar-refractivity contribution is 7.86. The predicted molar refractivity (Wildman–Crippen MR) is 89.6 cm³/mol. The standard InChI is InChI=1S/C15H24N4O4S/c1-18(2)24(22,23)19-10-3-6-15(21,7-11-19)12-17-14(20)13-4-8-16-9-5-13/h4-5,8-9,21H,3,6-7,10-12H2,1-2H3,(H,17,20). The number of nitrogens with one attached hydrogen (secondary N) is 1. The zero-order valence-corrected chi connectivity index (χ0v) is 14.8. The number of pyridine rings is 1. The van der Waals surface area contributed by atoms with Gasteiger partial charge >= 0.3 is 0 Å². The molecule has 1 aromatic heterocycles. The second kappa shape index (κ2) is 7.56. The maximum Gasteiger partial charge on any atom is 0.281 e. The Hall–Kier alpha value is -1.55. The number of nitrogens with zero attached hydrogens (tertiary/aromatic N) is 3. The van der Waals surface area contributed by atoms with Gasteiger partial charge in [0, 0.05) is 51.7 Å². The van der Waals surface area contributed by atoms with Gasteiger partial charge in [0.05, 0.1) is 5.60 Å². The van der Waals surface area contributed by atoms with Gasteiger partial charge in [-0.2, -0.15) is 17.0 Å². The quantitative estimate of drug-likeness (QED) is 0.763. The maximum atomic E-state index is 12.2. The van der Waals surface area contributed by atoms with Crippen LogP contribution >= 0.6 is 0 Å². The summed E-state index contributed by atoms with van der Waals surface area (Å²) < 4.78 is 26.9. The molecule has 0 saturated carbocycles. The number of rotatable bonds is 5. The summed E-state index contributed by atoms with van der Waals surface area (Å²) >= 11 is 0. The van der Waals surface area contributed by atoms with Crippen LogP contribution in [0.15, 0.2) is 24.5 Å². The molecule has 2 N–H and O–H groups in total. The van der Waals surface area contributed by atoms with Crippen LogP contribution in [0.5, 0.6) is 0 Å². The van der Waals surface area contributed by atoms with Gasteiger partial charge in [0.25, 0.3) is 16.1 Å². The van der Waals surface area contributed by atoms with Gasteiger partial charge in [-0.25, -0.2) is 0 Å². The van der Waals surface area contributed by atoms with Gasteiger partial charge < -0.3 is 10.4 Å². The Morgan fingerprint density at radius 2 is 2.00 bits per heavy atom. The smallest absolute Gasteiger partial charge is 0.281 e. The summed E-state index contributed by atoms with van der Waals surface area (Å²) in [7, 11) is -0.512. The van der Waals surface area contributed by atoms with E-state index in [2.05, 4.69) is 10.3 Å². The fourth-order valence-electron chi connectivity index (χ4n) is 2.64. The van der Waals surface area contributed by atoms with Gasteiger partial charge in [0.15, 0.2) is 0 Å². The highest BCUT2D eigenvalue weighted by Crippen LogP contribution is 2.23. The average molecular weight is 356 g/mol. The Labute approximate surface area is 142 Å². The molecule has 24 heavy (non-hydrogen) atoms. The van der Waals surface area contributed by atoms with Crippen molar-refractivity contribution in [2.75, 3.05) is 33.7 Å². The summed E-state index contributed by atoms with van der Waals surface area (Å²) in [5.74, 6) is -0.284. The van der Waals surface area contributed by atoms with Crippen molar-refractivity contribution in [1.82, 2.24) is 18.9 Å². The number of aromatic nitrogens is 1. The van der Waals surface area contributed by atoms with E-state index in [4.69, 9.17) is 0 Å². The first-order valence-electron chi connectivity index (χ1n) is 7.83. The second-order valence-electron chi connectivity index (χ2n) is 6.19. The van der Waals surface area contributed by atoms with Crippen molar-refractivity contribution in [2.24, 2.45) is 0 Å². The van der Waals surface area contributed by atoms with E-state index >= 15 is 0 Å². The molecule has 1 fully saturated rings. The third-order valence-electron chi connectivity index (χ3n) is 4.18. The van der Waals surface area contributed by atoms with Crippen molar-refractivity contribution >= 4 is 16.1 Å². The SMILES string of the molecule is CN(C)S(=O)(=O)N1CCCC(O)(CNC(=O)c2ccncc2)CC1. The van der Waals surface area contributed by atoms with Crippen LogP contribution in [0.25, 0.3) is 0 Å². The molecule has 0 aromatic carbocycles. The number of carbonyl (C=O) groups is 1. The first-order chi connectivity index (χ1) is 11.2. The zero-order chi connectivity index (χ0) is 17.8. The number of carbonyl (C=O) groups excluding carboxylic acids is 1. The Morgan fingerprint density at radius 1 is 1.33 bits per heavy atom.